The summed E-state index contributed by atoms with van der Waals surface area (Å²) in [6.07, 6.45) is 0. The highest BCUT2D eigenvalue weighted by Crippen LogP contribution is 2.27. The molecule has 0 aliphatic heterocycles. The van der Waals surface area contributed by atoms with Crippen LogP contribution < -0.4 is 10.6 Å². The van der Waals surface area contributed by atoms with Gasteiger partial charge in [-0.15, -0.1) is 11.3 Å². The Bertz CT molecular complexity index is 946. The maximum Gasteiger partial charge on any atom is 0.271 e. The number of aromatic nitrogens is 1. The molecule has 2 N–H and O–H groups in total. The predicted molar refractivity (Wildman–Crippen MR) is 103 cm³/mol. The van der Waals surface area contributed by atoms with Gasteiger partial charge in [-0.25, -0.2) is 4.98 Å². The molecular formula is C17H13ClN4O3S. The molecule has 3 aromatic rings. The van der Waals surface area contributed by atoms with E-state index >= 15 is 0 Å². The monoisotopic (exact) mass is 388 g/mol. The quantitative estimate of drug-likeness (QED) is 0.481. The van der Waals surface area contributed by atoms with Crippen LogP contribution in [0.3, 0.4) is 0 Å². The lowest BCUT2D eigenvalue weighted by Gasteiger charge is -2.07. The van der Waals surface area contributed by atoms with Crippen LogP contribution in [0.2, 0.25) is 5.02 Å². The first kappa shape index (κ1) is 17.8. The fourth-order valence-corrected chi connectivity index (χ4v) is 3.11. The summed E-state index contributed by atoms with van der Waals surface area (Å²) in [6.45, 7) is -0.00490. The lowest BCUT2D eigenvalue weighted by molar-refractivity contribution is -0.384. The number of halogens is 1. The summed E-state index contributed by atoms with van der Waals surface area (Å²) < 4.78 is 0. The Balaban J connectivity index is 1.58. The van der Waals surface area contributed by atoms with Crippen molar-refractivity contribution in [2.45, 2.75) is 0 Å². The molecule has 0 aliphatic rings. The van der Waals surface area contributed by atoms with Crippen molar-refractivity contribution in [1.29, 1.82) is 0 Å². The minimum atomic E-state index is -0.550. The average Bonchev–Trinajstić information content (AvgIpc) is 3.11. The zero-order chi connectivity index (χ0) is 18.5. The second-order valence-electron chi connectivity index (χ2n) is 5.23. The molecule has 0 radical (unpaired) electrons. The molecular weight excluding hydrogens is 376 g/mol. The fraction of sp³-hybridized carbons (Fsp3) is 0.0588. The first-order valence-corrected chi connectivity index (χ1v) is 8.77. The molecule has 0 bridgehead atoms. The Morgan fingerprint density at radius 1 is 1.23 bits per heavy atom. The van der Waals surface area contributed by atoms with Crippen LogP contribution in [0.5, 0.6) is 0 Å². The number of rotatable bonds is 6. The van der Waals surface area contributed by atoms with Gasteiger partial charge in [-0.05, 0) is 6.07 Å². The van der Waals surface area contributed by atoms with E-state index in [9.17, 15) is 14.9 Å². The number of nitro groups is 1. The van der Waals surface area contributed by atoms with Crippen molar-refractivity contribution < 1.29 is 9.72 Å². The van der Waals surface area contributed by atoms with Crippen LogP contribution in [0, 0.1) is 10.1 Å². The number of nitrogens with zero attached hydrogens (tertiary/aromatic N) is 2. The summed E-state index contributed by atoms with van der Waals surface area (Å²) in [5, 5.41) is 18.9. The van der Waals surface area contributed by atoms with E-state index in [1.807, 2.05) is 35.7 Å². The molecule has 1 aromatic heterocycles. The minimum Gasteiger partial charge on any atom is -0.352 e. The molecule has 2 aromatic carbocycles. The lowest BCUT2D eigenvalue weighted by atomic mass is 10.2. The molecule has 0 saturated carbocycles. The van der Waals surface area contributed by atoms with E-state index in [2.05, 4.69) is 15.6 Å². The Morgan fingerprint density at radius 3 is 2.69 bits per heavy atom. The van der Waals surface area contributed by atoms with Gasteiger partial charge in [0.15, 0.2) is 5.13 Å². The highest BCUT2D eigenvalue weighted by Gasteiger charge is 2.12. The number of nitrogens with one attached hydrogen (secondary N) is 2. The van der Waals surface area contributed by atoms with Gasteiger partial charge in [-0.3, -0.25) is 14.9 Å². The predicted octanol–water partition coefficient (Wildman–Crippen LogP) is 4.42. The molecule has 0 aliphatic carbocycles. The summed E-state index contributed by atoms with van der Waals surface area (Å²) in [5.74, 6) is -0.336. The SMILES string of the molecule is O=C(CNc1nc(-c2ccccc2)cs1)Nc1ccc([N+](=O)[O-])cc1Cl. The summed E-state index contributed by atoms with van der Waals surface area (Å²) in [5.41, 5.74) is 2.01. The summed E-state index contributed by atoms with van der Waals surface area (Å²) in [6, 6.07) is 13.6. The topological polar surface area (TPSA) is 97.2 Å². The van der Waals surface area contributed by atoms with Gasteiger partial charge in [-0.2, -0.15) is 0 Å². The molecule has 1 amide bonds. The van der Waals surface area contributed by atoms with Crippen molar-refractivity contribution in [2.75, 3.05) is 17.2 Å². The van der Waals surface area contributed by atoms with Gasteiger partial charge in [0, 0.05) is 23.1 Å². The van der Waals surface area contributed by atoms with Crippen LogP contribution in [-0.4, -0.2) is 22.4 Å². The Morgan fingerprint density at radius 2 is 2.00 bits per heavy atom. The number of thiazole rings is 1. The number of hydrogen-bond donors (Lipinski definition) is 2. The molecule has 26 heavy (non-hydrogen) atoms. The molecule has 0 atom stereocenters. The van der Waals surface area contributed by atoms with Gasteiger partial charge in [0.1, 0.15) is 0 Å². The number of non-ortho nitro benzene ring substituents is 1. The van der Waals surface area contributed by atoms with Crippen molar-refractivity contribution in [3.05, 3.63) is 69.0 Å². The van der Waals surface area contributed by atoms with E-state index < -0.39 is 4.92 Å². The molecule has 0 fully saturated rings. The molecule has 3 rings (SSSR count). The molecule has 132 valence electrons. The lowest BCUT2D eigenvalue weighted by Crippen LogP contribution is -2.21. The molecule has 0 unspecified atom stereocenters. The van der Waals surface area contributed by atoms with Crippen LogP contribution in [0.15, 0.2) is 53.9 Å². The summed E-state index contributed by atoms with van der Waals surface area (Å²) in [7, 11) is 0. The van der Waals surface area contributed by atoms with Crippen LogP contribution in [0.25, 0.3) is 11.3 Å². The Kier molecular flexibility index (Phi) is 5.45. The number of amides is 1. The zero-order valence-electron chi connectivity index (χ0n) is 13.3. The first-order valence-electron chi connectivity index (χ1n) is 7.51. The normalized spacial score (nSPS) is 10.3. The van der Waals surface area contributed by atoms with E-state index in [0.717, 1.165) is 11.3 Å². The Hall–Kier alpha value is -2.97. The third-order valence-corrected chi connectivity index (χ3v) is 4.52. The second-order valence-corrected chi connectivity index (χ2v) is 6.49. The van der Waals surface area contributed by atoms with Crippen LogP contribution in [-0.2, 0) is 4.79 Å². The summed E-state index contributed by atoms with van der Waals surface area (Å²) in [4.78, 5) is 26.6. The number of carbonyl (C=O) groups excluding carboxylic acids is 1. The van der Waals surface area contributed by atoms with Crippen molar-refractivity contribution in [2.24, 2.45) is 0 Å². The largest absolute Gasteiger partial charge is 0.352 e. The maximum absolute atomic E-state index is 12.0. The molecule has 9 heteroatoms. The van der Waals surface area contributed by atoms with Crippen molar-refractivity contribution in [3.63, 3.8) is 0 Å². The minimum absolute atomic E-state index is 0.00490. The van der Waals surface area contributed by atoms with E-state index in [1.165, 1.54) is 29.5 Å². The summed E-state index contributed by atoms with van der Waals surface area (Å²) >= 11 is 7.35. The van der Waals surface area contributed by atoms with Gasteiger partial charge in [0.2, 0.25) is 5.91 Å². The average molecular weight is 389 g/mol. The number of hydrogen-bond acceptors (Lipinski definition) is 6. The molecule has 0 saturated heterocycles. The highest BCUT2D eigenvalue weighted by molar-refractivity contribution is 7.14. The van der Waals surface area contributed by atoms with Gasteiger partial charge < -0.3 is 10.6 Å². The number of carbonyl (C=O) groups is 1. The maximum atomic E-state index is 12.0. The van der Waals surface area contributed by atoms with Gasteiger partial charge >= 0.3 is 0 Å². The molecule has 7 nitrogen and oxygen atoms in total. The van der Waals surface area contributed by atoms with Crippen molar-refractivity contribution >= 4 is 45.4 Å². The molecule has 0 spiro atoms. The number of benzene rings is 2. The van der Waals surface area contributed by atoms with Gasteiger partial charge in [0.05, 0.1) is 27.9 Å². The first-order chi connectivity index (χ1) is 12.5. The van der Waals surface area contributed by atoms with Crippen molar-refractivity contribution in [3.8, 4) is 11.3 Å². The van der Waals surface area contributed by atoms with E-state index in [4.69, 9.17) is 11.6 Å². The Labute approximate surface area is 157 Å². The second kappa shape index (κ2) is 7.94. The van der Waals surface area contributed by atoms with Crippen LogP contribution in [0.1, 0.15) is 0 Å². The van der Waals surface area contributed by atoms with Gasteiger partial charge in [-0.1, -0.05) is 41.9 Å². The smallest absolute Gasteiger partial charge is 0.271 e. The third-order valence-electron chi connectivity index (χ3n) is 3.41. The molecule has 1 heterocycles. The van der Waals surface area contributed by atoms with Gasteiger partial charge in [0.25, 0.3) is 5.69 Å². The van der Waals surface area contributed by atoms with E-state index in [1.54, 1.807) is 0 Å². The van der Waals surface area contributed by atoms with Crippen LogP contribution >= 0.6 is 22.9 Å². The van der Waals surface area contributed by atoms with Crippen LogP contribution in [0.4, 0.5) is 16.5 Å². The number of nitro benzene ring substituents is 1. The van der Waals surface area contributed by atoms with Crippen molar-refractivity contribution in [1.82, 2.24) is 4.98 Å². The standard InChI is InChI=1S/C17H13ClN4O3S/c18-13-8-12(22(24)25)6-7-14(13)20-16(23)9-19-17-21-15(10-26-17)11-4-2-1-3-5-11/h1-8,10H,9H2,(H,19,21)(H,20,23). The zero-order valence-corrected chi connectivity index (χ0v) is 14.9. The highest BCUT2D eigenvalue weighted by atomic mass is 35.5. The van der Waals surface area contributed by atoms with E-state index in [-0.39, 0.29) is 23.2 Å². The number of anilines is 2. The fourth-order valence-electron chi connectivity index (χ4n) is 2.17. The van der Waals surface area contributed by atoms with E-state index in [0.29, 0.717) is 10.8 Å². The third kappa shape index (κ3) is 4.35.